The number of fused-ring (bicyclic) bond motifs is 3. The molecule has 0 atom stereocenters. The molecule has 0 aliphatic heterocycles. The lowest BCUT2D eigenvalue weighted by Gasteiger charge is -2.21. The molecule has 0 N–H and O–H groups in total. The first-order valence-corrected chi connectivity index (χ1v) is 4.75. The molecule has 0 saturated carbocycles. The van der Waals surface area contributed by atoms with E-state index in [1.165, 1.54) is 6.92 Å². The third kappa shape index (κ3) is 1.10. The van der Waals surface area contributed by atoms with Crippen molar-refractivity contribution >= 4 is 0 Å². The molecule has 2 aromatic rings. The second-order valence-electron chi connectivity index (χ2n) is 3.75. The molecule has 0 heterocycles. The molecule has 0 fully saturated rings. The molecule has 0 heteroatoms. The Kier molecular flexibility index (Phi) is 0.560. The minimum Gasteiger partial charge on any atom is -0.0619 e. The maximum atomic E-state index is 8.43. The molecule has 0 saturated heterocycles. The standard InChI is InChI=1S/C16H16/c1-11-8-9-13-12-6-4-5-7-14(12)16(2,3)15(13)10-11/h4-10H,1-3H3/i2D3,3D3,4D,5D,6D,7D,8D,9D,10D. The van der Waals surface area contributed by atoms with Gasteiger partial charge in [-0.15, -0.1) is 0 Å². The highest BCUT2D eigenvalue weighted by Gasteiger charge is 2.34. The van der Waals surface area contributed by atoms with Crippen molar-refractivity contribution < 1.29 is 17.8 Å². The molecule has 0 nitrogen and oxygen atoms in total. The molecule has 0 aromatic heterocycles. The molecule has 0 amide bonds. The van der Waals surface area contributed by atoms with E-state index in [0.29, 0.717) is 0 Å². The summed E-state index contributed by atoms with van der Waals surface area (Å²) in [7, 11) is 0. The lowest BCUT2D eigenvalue weighted by molar-refractivity contribution is 0.660. The summed E-state index contributed by atoms with van der Waals surface area (Å²) in [6, 6.07) is -4.64. The molecule has 0 radical (unpaired) electrons. The number of rotatable bonds is 0. The van der Waals surface area contributed by atoms with Gasteiger partial charge in [-0.05, 0) is 29.2 Å². The number of hydrogen-bond donors (Lipinski definition) is 0. The van der Waals surface area contributed by atoms with Crippen LogP contribution >= 0.6 is 0 Å². The normalized spacial score (nSPS) is 28.9. The van der Waals surface area contributed by atoms with Crippen LogP contribution in [-0.2, 0) is 5.41 Å². The van der Waals surface area contributed by atoms with E-state index >= 15 is 0 Å². The monoisotopic (exact) mass is 221 g/mol. The van der Waals surface area contributed by atoms with Crippen LogP contribution in [0.15, 0.2) is 42.3 Å². The zero-order valence-electron chi connectivity index (χ0n) is 21.5. The first kappa shape index (κ1) is 3.01. The van der Waals surface area contributed by atoms with Crippen LogP contribution < -0.4 is 0 Å². The van der Waals surface area contributed by atoms with Crippen molar-refractivity contribution in [1.82, 2.24) is 0 Å². The van der Waals surface area contributed by atoms with E-state index in [-0.39, 0.29) is 5.56 Å². The maximum Gasteiger partial charge on any atom is 0.0629 e. The van der Waals surface area contributed by atoms with E-state index < -0.39 is 83.7 Å². The summed E-state index contributed by atoms with van der Waals surface area (Å²) in [5, 5.41) is 0. The first-order chi connectivity index (χ1) is 13.0. The molecule has 0 spiro atoms. The van der Waals surface area contributed by atoms with Crippen molar-refractivity contribution in [3.05, 3.63) is 59.0 Å². The number of hydrogen-bond acceptors (Lipinski definition) is 0. The smallest absolute Gasteiger partial charge is 0.0619 e. The average molecular weight is 221 g/mol. The van der Waals surface area contributed by atoms with Gasteiger partial charge in [-0.2, -0.15) is 0 Å². The van der Waals surface area contributed by atoms with Crippen LogP contribution in [0.2, 0.25) is 0 Å². The van der Waals surface area contributed by atoms with Gasteiger partial charge in [0.05, 0.1) is 9.60 Å². The predicted molar refractivity (Wildman–Crippen MR) is 68.7 cm³/mol. The minimum absolute atomic E-state index is 0.102. The van der Waals surface area contributed by atoms with E-state index in [4.69, 9.17) is 17.8 Å². The molecule has 2 aromatic carbocycles. The van der Waals surface area contributed by atoms with Crippen LogP contribution in [0.3, 0.4) is 0 Å². The van der Waals surface area contributed by atoms with Gasteiger partial charge in [0.25, 0.3) is 0 Å². The lowest BCUT2D eigenvalue weighted by atomic mass is 9.82. The van der Waals surface area contributed by atoms with Gasteiger partial charge in [0.2, 0.25) is 0 Å². The van der Waals surface area contributed by atoms with Crippen LogP contribution in [-0.4, -0.2) is 0 Å². The van der Waals surface area contributed by atoms with Gasteiger partial charge in [-0.1, -0.05) is 61.6 Å². The first-order valence-electron chi connectivity index (χ1n) is 11.2. The second kappa shape index (κ2) is 2.98. The SMILES string of the molecule is [2H]c1c([2H])c([2H])c2c(c1[2H])-c1c([2H])c([2H])c(C)c([2H])c1C2(C([2H])([2H])[2H])C([2H])([2H])[2H]. The predicted octanol–water partition coefficient (Wildman–Crippen LogP) is 4.30. The maximum absolute atomic E-state index is 8.43. The molecule has 1 aliphatic carbocycles. The van der Waals surface area contributed by atoms with Crippen LogP contribution in [0.25, 0.3) is 11.1 Å². The van der Waals surface area contributed by atoms with Crippen molar-refractivity contribution in [3.63, 3.8) is 0 Å². The van der Waals surface area contributed by atoms with Gasteiger partial charge in [0.15, 0.2) is 0 Å². The summed E-state index contributed by atoms with van der Waals surface area (Å²) < 4.78 is 106. The van der Waals surface area contributed by atoms with Crippen LogP contribution in [0.5, 0.6) is 0 Å². The fourth-order valence-corrected chi connectivity index (χ4v) is 1.88. The van der Waals surface area contributed by atoms with Crippen LogP contribution in [0, 0.1) is 6.92 Å². The average Bonchev–Trinajstić information content (AvgIpc) is 2.94. The highest BCUT2D eigenvalue weighted by molar-refractivity contribution is 5.80. The van der Waals surface area contributed by atoms with Crippen LogP contribution in [0.1, 0.15) is 48.2 Å². The van der Waals surface area contributed by atoms with Gasteiger partial charge in [-0.3, -0.25) is 0 Å². The van der Waals surface area contributed by atoms with Gasteiger partial charge >= 0.3 is 0 Å². The van der Waals surface area contributed by atoms with Crippen molar-refractivity contribution in [2.45, 2.75) is 26.0 Å². The highest BCUT2D eigenvalue weighted by Crippen LogP contribution is 2.48. The fourth-order valence-electron chi connectivity index (χ4n) is 1.88. The minimum atomic E-state index is -3.34. The summed E-state index contributed by atoms with van der Waals surface area (Å²) in [5.41, 5.74) is -5.13. The molecular weight excluding hydrogens is 192 g/mol. The van der Waals surface area contributed by atoms with Gasteiger partial charge in [0, 0.05) is 13.6 Å². The summed E-state index contributed by atoms with van der Waals surface area (Å²) in [6.45, 7) is -5.38. The van der Waals surface area contributed by atoms with Gasteiger partial charge in [-0.25, -0.2) is 0 Å². The summed E-state index contributed by atoms with van der Waals surface area (Å²) in [5.74, 6) is 0. The topological polar surface area (TPSA) is 0 Å². The van der Waals surface area contributed by atoms with E-state index in [0.717, 1.165) is 0 Å². The third-order valence-corrected chi connectivity index (χ3v) is 2.62. The van der Waals surface area contributed by atoms with E-state index in [9.17, 15) is 0 Å². The molecule has 0 bridgehead atoms. The molecule has 0 unspecified atom stereocenters. The molecular formula is C16H16. The van der Waals surface area contributed by atoms with E-state index in [1.54, 1.807) is 0 Å². The Morgan fingerprint density at radius 1 is 1.00 bits per heavy atom. The summed E-state index contributed by atoms with van der Waals surface area (Å²) >= 11 is 0. The van der Waals surface area contributed by atoms with E-state index in [1.807, 2.05) is 0 Å². The third-order valence-electron chi connectivity index (χ3n) is 2.62. The zero-order valence-corrected chi connectivity index (χ0v) is 8.50. The molecule has 3 rings (SSSR count). The van der Waals surface area contributed by atoms with Gasteiger partial charge < -0.3 is 0 Å². The van der Waals surface area contributed by atoms with Crippen molar-refractivity contribution in [2.75, 3.05) is 0 Å². The lowest BCUT2D eigenvalue weighted by Crippen LogP contribution is -2.14. The van der Waals surface area contributed by atoms with Crippen molar-refractivity contribution in [2.24, 2.45) is 0 Å². The Balaban J connectivity index is 2.82. The highest BCUT2D eigenvalue weighted by atomic mass is 14.4. The molecule has 16 heavy (non-hydrogen) atoms. The second-order valence-corrected chi connectivity index (χ2v) is 3.75. The Morgan fingerprint density at radius 2 is 1.75 bits per heavy atom. The Bertz CT molecular complexity index is 973. The summed E-state index contributed by atoms with van der Waals surface area (Å²) in [6.07, 6.45) is 0. The Morgan fingerprint density at radius 3 is 2.56 bits per heavy atom. The number of benzene rings is 2. The summed E-state index contributed by atoms with van der Waals surface area (Å²) in [4.78, 5) is 0. The van der Waals surface area contributed by atoms with Gasteiger partial charge in [0.1, 0.15) is 0 Å². The van der Waals surface area contributed by atoms with Crippen molar-refractivity contribution in [3.8, 4) is 11.1 Å². The molecule has 80 valence electrons. The fraction of sp³-hybridized carbons (Fsp3) is 0.250. The van der Waals surface area contributed by atoms with Crippen LogP contribution in [0.4, 0.5) is 0 Å². The largest absolute Gasteiger partial charge is 0.0629 e. The Labute approximate surface area is 115 Å². The zero-order chi connectivity index (χ0) is 22.4. The van der Waals surface area contributed by atoms with E-state index in [2.05, 4.69) is 0 Å². The quantitative estimate of drug-likeness (QED) is 0.622. The Hall–Kier alpha value is -1.56. The van der Waals surface area contributed by atoms with Crippen molar-refractivity contribution in [1.29, 1.82) is 0 Å². The molecule has 1 aliphatic rings.